The Bertz CT molecular complexity index is 449. The van der Waals surface area contributed by atoms with Crippen molar-refractivity contribution in [3.8, 4) is 5.75 Å². The quantitative estimate of drug-likeness (QED) is 0.572. The third-order valence-electron chi connectivity index (χ3n) is 2.14. The van der Waals surface area contributed by atoms with Crippen molar-refractivity contribution < 1.29 is 19.1 Å². The van der Waals surface area contributed by atoms with Crippen molar-refractivity contribution >= 4 is 17.8 Å². The van der Waals surface area contributed by atoms with Crippen molar-refractivity contribution in [3.63, 3.8) is 0 Å². The Morgan fingerprint density at radius 1 is 1.33 bits per heavy atom. The molecule has 0 bridgehead atoms. The van der Waals surface area contributed by atoms with Crippen LogP contribution in [0.5, 0.6) is 5.75 Å². The van der Waals surface area contributed by atoms with Gasteiger partial charge in [0.25, 0.3) is 0 Å². The second-order valence-electron chi connectivity index (χ2n) is 3.74. The maximum Gasteiger partial charge on any atom is 0.313 e. The molecule has 0 aliphatic rings. The van der Waals surface area contributed by atoms with Crippen LogP contribution in [0.25, 0.3) is 6.08 Å². The number of esters is 1. The predicted octanol–water partition coefficient (Wildman–Crippen LogP) is 2.23. The molecule has 4 nitrogen and oxygen atoms in total. The third-order valence-corrected chi connectivity index (χ3v) is 2.14. The molecule has 0 saturated carbocycles. The van der Waals surface area contributed by atoms with E-state index < -0.39 is 5.97 Å². The van der Waals surface area contributed by atoms with Gasteiger partial charge in [-0.25, -0.2) is 0 Å². The fourth-order valence-corrected chi connectivity index (χ4v) is 1.32. The maximum absolute atomic E-state index is 11.1. The van der Waals surface area contributed by atoms with Gasteiger partial charge < -0.3 is 9.47 Å². The first-order valence-electron chi connectivity index (χ1n) is 5.57. The van der Waals surface area contributed by atoms with E-state index in [-0.39, 0.29) is 18.8 Å². The van der Waals surface area contributed by atoms with Gasteiger partial charge in [0.1, 0.15) is 24.6 Å². The van der Waals surface area contributed by atoms with E-state index in [0.29, 0.717) is 0 Å². The lowest BCUT2D eigenvalue weighted by molar-refractivity contribution is -0.144. The maximum atomic E-state index is 11.1. The molecule has 0 aliphatic heterocycles. The average molecular weight is 248 g/mol. The standard InChI is InChI=1S/C14H16O4/c1-11(15)9-14(16)18-8-4-6-12-5-3-7-13(10-12)17-2/h3-7,10H,8-9H2,1-2H3. The summed E-state index contributed by atoms with van der Waals surface area (Å²) in [6, 6.07) is 7.51. The fourth-order valence-electron chi connectivity index (χ4n) is 1.32. The highest BCUT2D eigenvalue weighted by Crippen LogP contribution is 2.13. The van der Waals surface area contributed by atoms with E-state index in [9.17, 15) is 9.59 Å². The number of hydrogen-bond donors (Lipinski definition) is 0. The van der Waals surface area contributed by atoms with Gasteiger partial charge in [-0.3, -0.25) is 9.59 Å². The zero-order valence-corrected chi connectivity index (χ0v) is 10.5. The van der Waals surface area contributed by atoms with E-state index >= 15 is 0 Å². The van der Waals surface area contributed by atoms with Crippen LogP contribution in [0.2, 0.25) is 0 Å². The van der Waals surface area contributed by atoms with Gasteiger partial charge >= 0.3 is 5.97 Å². The van der Waals surface area contributed by atoms with Crippen LogP contribution in [0.4, 0.5) is 0 Å². The molecule has 0 aromatic heterocycles. The highest BCUT2D eigenvalue weighted by Gasteiger charge is 2.04. The summed E-state index contributed by atoms with van der Waals surface area (Å²) >= 11 is 0. The lowest BCUT2D eigenvalue weighted by Gasteiger charge is -2.01. The summed E-state index contributed by atoms with van der Waals surface area (Å²) in [7, 11) is 1.60. The van der Waals surface area contributed by atoms with E-state index in [1.54, 1.807) is 13.2 Å². The number of rotatable bonds is 6. The molecule has 1 rings (SSSR count). The molecule has 1 aromatic carbocycles. The van der Waals surface area contributed by atoms with Crippen LogP contribution in [0, 0.1) is 0 Å². The van der Waals surface area contributed by atoms with Crippen LogP contribution < -0.4 is 4.74 Å². The second-order valence-corrected chi connectivity index (χ2v) is 3.74. The van der Waals surface area contributed by atoms with E-state index in [4.69, 9.17) is 9.47 Å². The summed E-state index contributed by atoms with van der Waals surface area (Å²) in [4.78, 5) is 21.7. The van der Waals surface area contributed by atoms with Crippen molar-refractivity contribution in [2.24, 2.45) is 0 Å². The smallest absolute Gasteiger partial charge is 0.313 e. The summed E-state index contributed by atoms with van der Waals surface area (Å²) in [5.74, 6) is 0.0697. The van der Waals surface area contributed by atoms with E-state index in [1.807, 2.05) is 30.3 Å². The van der Waals surface area contributed by atoms with Gasteiger partial charge in [-0.05, 0) is 30.7 Å². The zero-order valence-electron chi connectivity index (χ0n) is 10.5. The molecular formula is C14H16O4. The zero-order chi connectivity index (χ0) is 13.4. The third kappa shape index (κ3) is 5.30. The normalized spacial score (nSPS) is 10.3. The number of methoxy groups -OCH3 is 1. The summed E-state index contributed by atoms with van der Waals surface area (Å²) in [6.07, 6.45) is 3.36. The Labute approximate surface area is 106 Å². The summed E-state index contributed by atoms with van der Waals surface area (Å²) in [5.41, 5.74) is 0.956. The van der Waals surface area contributed by atoms with Gasteiger partial charge in [0.15, 0.2) is 0 Å². The first-order chi connectivity index (χ1) is 8.61. The average Bonchev–Trinajstić information content (AvgIpc) is 2.34. The topological polar surface area (TPSA) is 52.6 Å². The summed E-state index contributed by atoms with van der Waals surface area (Å²) < 4.78 is 9.94. The van der Waals surface area contributed by atoms with Gasteiger partial charge in [0.2, 0.25) is 0 Å². The lowest BCUT2D eigenvalue weighted by atomic mass is 10.2. The Balaban J connectivity index is 2.40. The molecular weight excluding hydrogens is 232 g/mol. The first kappa shape index (κ1) is 14.0. The highest BCUT2D eigenvalue weighted by molar-refractivity contribution is 5.94. The first-order valence-corrected chi connectivity index (χ1v) is 5.57. The molecule has 0 atom stereocenters. The van der Waals surface area contributed by atoms with E-state index in [1.165, 1.54) is 6.92 Å². The molecule has 0 spiro atoms. The van der Waals surface area contributed by atoms with Crippen molar-refractivity contribution in [3.05, 3.63) is 35.9 Å². The number of benzene rings is 1. The predicted molar refractivity (Wildman–Crippen MR) is 68.3 cm³/mol. The molecule has 4 heteroatoms. The fraction of sp³-hybridized carbons (Fsp3) is 0.286. The molecule has 1 aromatic rings. The van der Waals surface area contributed by atoms with Gasteiger partial charge in [-0.1, -0.05) is 18.2 Å². The molecule has 0 fully saturated rings. The van der Waals surface area contributed by atoms with Gasteiger partial charge in [0.05, 0.1) is 7.11 Å². The van der Waals surface area contributed by atoms with E-state index in [2.05, 4.69) is 0 Å². The SMILES string of the molecule is COc1cccc(C=CCOC(=O)CC(C)=O)c1. The molecule has 0 amide bonds. The second kappa shape index (κ2) is 7.27. The van der Waals surface area contributed by atoms with Crippen LogP contribution in [0.1, 0.15) is 18.9 Å². The van der Waals surface area contributed by atoms with Crippen LogP contribution in [-0.4, -0.2) is 25.5 Å². The Morgan fingerprint density at radius 2 is 2.11 bits per heavy atom. The van der Waals surface area contributed by atoms with Crippen LogP contribution in [-0.2, 0) is 14.3 Å². The Kier molecular flexibility index (Phi) is 5.64. The van der Waals surface area contributed by atoms with Crippen molar-refractivity contribution in [2.45, 2.75) is 13.3 Å². The van der Waals surface area contributed by atoms with Crippen molar-refractivity contribution in [2.75, 3.05) is 13.7 Å². The molecule has 0 saturated heterocycles. The van der Waals surface area contributed by atoms with Gasteiger partial charge in [-0.15, -0.1) is 0 Å². The van der Waals surface area contributed by atoms with Crippen LogP contribution in [0.15, 0.2) is 30.3 Å². The van der Waals surface area contributed by atoms with Crippen molar-refractivity contribution in [1.29, 1.82) is 0 Å². The summed E-state index contributed by atoms with van der Waals surface area (Å²) in [5, 5.41) is 0. The lowest BCUT2D eigenvalue weighted by Crippen LogP contribution is -2.08. The number of ketones is 1. The Morgan fingerprint density at radius 3 is 2.78 bits per heavy atom. The molecule has 0 aliphatic carbocycles. The molecule has 18 heavy (non-hydrogen) atoms. The number of carbonyl (C=O) groups is 2. The molecule has 0 N–H and O–H groups in total. The highest BCUT2D eigenvalue weighted by atomic mass is 16.5. The molecule has 0 unspecified atom stereocenters. The summed E-state index contributed by atoms with van der Waals surface area (Å²) in [6.45, 7) is 1.51. The van der Waals surface area contributed by atoms with Crippen molar-refractivity contribution in [1.82, 2.24) is 0 Å². The molecule has 0 heterocycles. The molecule has 0 radical (unpaired) electrons. The van der Waals surface area contributed by atoms with Gasteiger partial charge in [-0.2, -0.15) is 0 Å². The number of carbonyl (C=O) groups excluding carboxylic acids is 2. The number of hydrogen-bond acceptors (Lipinski definition) is 4. The molecule has 96 valence electrons. The number of ether oxygens (including phenoxy) is 2. The minimum Gasteiger partial charge on any atom is -0.497 e. The number of Topliss-reactive ketones (excluding diaryl/α,β-unsaturated/α-hetero) is 1. The van der Waals surface area contributed by atoms with Crippen LogP contribution >= 0.6 is 0 Å². The monoisotopic (exact) mass is 248 g/mol. The van der Waals surface area contributed by atoms with Gasteiger partial charge in [0, 0.05) is 0 Å². The van der Waals surface area contributed by atoms with Crippen LogP contribution in [0.3, 0.4) is 0 Å². The largest absolute Gasteiger partial charge is 0.497 e. The minimum atomic E-state index is -0.502. The minimum absolute atomic E-state index is 0.156. The van der Waals surface area contributed by atoms with E-state index in [0.717, 1.165) is 11.3 Å². The Hall–Kier alpha value is -2.10.